The van der Waals surface area contributed by atoms with Crippen LogP contribution >= 0.6 is 11.8 Å². The van der Waals surface area contributed by atoms with Crippen LogP contribution in [0.3, 0.4) is 0 Å². The molecule has 2 aromatic carbocycles. The molecule has 0 radical (unpaired) electrons. The summed E-state index contributed by atoms with van der Waals surface area (Å²) >= 11 is 1.57. The maximum absolute atomic E-state index is 6.85. The van der Waals surface area contributed by atoms with Gasteiger partial charge in [0.05, 0.1) is 5.70 Å². The summed E-state index contributed by atoms with van der Waals surface area (Å²) in [5.74, 6) is 1.38. The maximum atomic E-state index is 6.85. The highest BCUT2D eigenvalue weighted by molar-refractivity contribution is 8.04. The molecule has 0 bridgehead atoms. The molecular weight excluding hydrogens is 378 g/mol. The molecule has 0 aromatic heterocycles. The monoisotopic (exact) mass is 407 g/mol. The molecule has 0 fully saturated rings. The number of nitrogens with two attached hydrogens (primary N) is 2. The van der Waals surface area contributed by atoms with E-state index in [2.05, 4.69) is 80.0 Å². The smallest absolute Gasteiger partial charge is 0.136 e. The van der Waals surface area contributed by atoms with Gasteiger partial charge in [0.1, 0.15) is 22.5 Å². The van der Waals surface area contributed by atoms with Gasteiger partial charge >= 0.3 is 0 Å². The first-order chi connectivity index (χ1) is 13.8. The van der Waals surface area contributed by atoms with Crippen LogP contribution < -0.4 is 21.3 Å². The Labute approximate surface area is 177 Å². The molecular formula is C23H29N5S. The second kappa shape index (κ2) is 7.52. The molecule has 4 rings (SSSR count). The molecule has 0 spiro atoms. The third-order valence-corrected chi connectivity index (χ3v) is 6.63. The summed E-state index contributed by atoms with van der Waals surface area (Å²) in [6, 6.07) is 14.9. The van der Waals surface area contributed by atoms with E-state index < -0.39 is 0 Å². The fraction of sp³-hybridized carbons (Fsp3) is 0.348. The predicted octanol–water partition coefficient (Wildman–Crippen LogP) is 4.61. The molecule has 29 heavy (non-hydrogen) atoms. The minimum absolute atomic E-state index is 0.245. The van der Waals surface area contributed by atoms with Crippen molar-refractivity contribution in [2.24, 2.45) is 16.5 Å². The van der Waals surface area contributed by atoms with Crippen molar-refractivity contribution < 1.29 is 0 Å². The van der Waals surface area contributed by atoms with E-state index in [4.69, 9.17) is 16.5 Å². The second-order valence-corrected chi connectivity index (χ2v) is 9.13. The number of amidine groups is 1. The zero-order valence-electron chi connectivity index (χ0n) is 17.7. The fourth-order valence-electron chi connectivity index (χ4n) is 4.15. The van der Waals surface area contributed by atoms with Gasteiger partial charge in [0, 0.05) is 11.4 Å². The van der Waals surface area contributed by atoms with Gasteiger partial charge < -0.3 is 21.3 Å². The van der Waals surface area contributed by atoms with Crippen molar-refractivity contribution in [2.45, 2.75) is 52.2 Å². The van der Waals surface area contributed by atoms with E-state index in [1.165, 1.54) is 16.7 Å². The van der Waals surface area contributed by atoms with Crippen molar-refractivity contribution in [2.75, 3.05) is 9.80 Å². The topological polar surface area (TPSA) is 70.9 Å². The highest BCUT2D eigenvalue weighted by Crippen LogP contribution is 2.45. The minimum Gasteiger partial charge on any atom is -0.314 e. The standard InChI is InChI=1S/C23H29N5S/c1-13(2)17-9-11-18(12-10-17)27-16(5)26-22-20(21(27)24)28(23(25)29-22)19-14(3)7-6-8-15(19)4/h6-13,21,23H,24-25H2,1-5H3. The first kappa shape index (κ1) is 20.0. The van der Waals surface area contributed by atoms with Crippen molar-refractivity contribution in [3.63, 3.8) is 0 Å². The Balaban J connectivity index is 1.76. The third kappa shape index (κ3) is 3.35. The van der Waals surface area contributed by atoms with Crippen molar-refractivity contribution in [3.8, 4) is 0 Å². The fourth-order valence-corrected chi connectivity index (χ4v) is 5.22. The summed E-state index contributed by atoms with van der Waals surface area (Å²) in [5, 5.41) is 0.917. The molecule has 0 saturated carbocycles. The molecule has 4 N–H and O–H groups in total. The largest absolute Gasteiger partial charge is 0.314 e. The van der Waals surface area contributed by atoms with Crippen LogP contribution in [-0.4, -0.2) is 17.5 Å². The molecule has 0 amide bonds. The highest BCUT2D eigenvalue weighted by atomic mass is 32.2. The van der Waals surface area contributed by atoms with Gasteiger partial charge in [-0.05, 0) is 55.5 Å². The first-order valence-corrected chi connectivity index (χ1v) is 10.9. The Morgan fingerprint density at radius 1 is 0.931 bits per heavy atom. The Kier molecular flexibility index (Phi) is 5.19. The van der Waals surface area contributed by atoms with Crippen LogP contribution in [0.15, 0.2) is 58.2 Å². The molecule has 2 unspecified atom stereocenters. The van der Waals surface area contributed by atoms with Gasteiger partial charge in [0.2, 0.25) is 0 Å². The summed E-state index contributed by atoms with van der Waals surface area (Å²) in [7, 11) is 0. The SMILES string of the molecule is CC1=NC2=C(C(N)N1c1ccc(C(C)C)cc1)N(c1c(C)cccc1C)C(N)S2. The molecule has 2 aliphatic heterocycles. The summed E-state index contributed by atoms with van der Waals surface area (Å²) < 4.78 is 0. The first-order valence-electron chi connectivity index (χ1n) is 10.0. The van der Waals surface area contributed by atoms with Crippen molar-refractivity contribution >= 4 is 29.0 Å². The summed E-state index contributed by atoms with van der Waals surface area (Å²) in [6.07, 6.45) is -0.354. The van der Waals surface area contributed by atoms with Gasteiger partial charge in [0.25, 0.3) is 0 Å². The minimum atomic E-state index is -0.354. The summed E-state index contributed by atoms with van der Waals surface area (Å²) in [4.78, 5) is 9.15. The van der Waals surface area contributed by atoms with E-state index in [1.807, 2.05) is 6.92 Å². The van der Waals surface area contributed by atoms with E-state index in [-0.39, 0.29) is 11.7 Å². The van der Waals surface area contributed by atoms with Crippen LogP contribution in [0.4, 0.5) is 11.4 Å². The number of hydrogen-bond donors (Lipinski definition) is 2. The van der Waals surface area contributed by atoms with Crippen LogP contribution in [0.5, 0.6) is 0 Å². The Morgan fingerprint density at radius 3 is 2.14 bits per heavy atom. The lowest BCUT2D eigenvalue weighted by Crippen LogP contribution is -2.53. The van der Waals surface area contributed by atoms with Gasteiger partial charge in [-0.3, -0.25) is 0 Å². The Hall–Kier alpha value is -2.28. The average Bonchev–Trinajstić information content (AvgIpc) is 2.98. The Morgan fingerprint density at radius 2 is 1.55 bits per heavy atom. The van der Waals surface area contributed by atoms with E-state index in [0.717, 1.165) is 27.9 Å². The van der Waals surface area contributed by atoms with Crippen LogP contribution in [0.25, 0.3) is 0 Å². The van der Waals surface area contributed by atoms with Crippen molar-refractivity contribution in [1.29, 1.82) is 0 Å². The molecule has 0 saturated heterocycles. The van der Waals surface area contributed by atoms with Gasteiger partial charge in [0.15, 0.2) is 0 Å². The molecule has 2 aromatic rings. The number of nitrogens with zero attached hydrogens (tertiary/aromatic N) is 3. The molecule has 5 nitrogen and oxygen atoms in total. The number of rotatable bonds is 3. The van der Waals surface area contributed by atoms with E-state index in [9.17, 15) is 0 Å². The number of aryl methyl sites for hydroxylation is 2. The van der Waals surface area contributed by atoms with Gasteiger partial charge in [-0.15, -0.1) is 0 Å². The normalized spacial score (nSPS) is 21.7. The molecule has 0 aliphatic carbocycles. The molecule has 152 valence electrons. The number of hydrogen-bond acceptors (Lipinski definition) is 6. The lowest BCUT2D eigenvalue weighted by atomic mass is 10.0. The highest BCUT2D eigenvalue weighted by Gasteiger charge is 2.41. The average molecular weight is 408 g/mol. The predicted molar refractivity (Wildman–Crippen MR) is 125 cm³/mol. The van der Waals surface area contributed by atoms with Crippen LogP contribution in [0.2, 0.25) is 0 Å². The van der Waals surface area contributed by atoms with Crippen LogP contribution in [0.1, 0.15) is 43.4 Å². The number of benzene rings is 2. The molecule has 2 atom stereocenters. The number of aliphatic imine (C=N–C) groups is 1. The van der Waals surface area contributed by atoms with Gasteiger partial charge in [-0.1, -0.05) is 55.9 Å². The number of thioether (sulfide) groups is 1. The number of anilines is 2. The summed E-state index contributed by atoms with van der Waals surface area (Å²) in [6.45, 7) is 10.6. The van der Waals surface area contributed by atoms with Gasteiger partial charge in [-0.25, -0.2) is 4.99 Å². The van der Waals surface area contributed by atoms with Crippen molar-refractivity contribution in [1.82, 2.24) is 0 Å². The zero-order valence-corrected chi connectivity index (χ0v) is 18.5. The van der Waals surface area contributed by atoms with Crippen LogP contribution in [0, 0.1) is 13.8 Å². The second-order valence-electron chi connectivity index (χ2n) is 8.03. The molecule has 2 heterocycles. The lowest BCUT2D eigenvalue weighted by molar-refractivity contribution is 0.714. The van der Waals surface area contributed by atoms with E-state index in [0.29, 0.717) is 5.92 Å². The number of para-hydroxylation sites is 1. The zero-order chi connectivity index (χ0) is 20.9. The molecule has 2 aliphatic rings. The lowest BCUT2D eigenvalue weighted by Gasteiger charge is -2.39. The van der Waals surface area contributed by atoms with Crippen LogP contribution in [-0.2, 0) is 0 Å². The van der Waals surface area contributed by atoms with Crippen molar-refractivity contribution in [3.05, 3.63) is 69.9 Å². The molecule has 6 heteroatoms. The van der Waals surface area contributed by atoms with Gasteiger partial charge in [-0.2, -0.15) is 0 Å². The Bertz CT molecular complexity index is 973. The maximum Gasteiger partial charge on any atom is 0.136 e. The third-order valence-electron chi connectivity index (χ3n) is 5.65. The van der Waals surface area contributed by atoms with E-state index in [1.54, 1.807) is 11.8 Å². The summed E-state index contributed by atoms with van der Waals surface area (Å²) in [5.41, 5.74) is 20.0. The quantitative estimate of drug-likeness (QED) is 0.777. The van der Waals surface area contributed by atoms with E-state index >= 15 is 0 Å².